The fourth-order valence-electron chi connectivity index (χ4n) is 3.68. The van der Waals surface area contributed by atoms with Gasteiger partial charge in [-0.25, -0.2) is 4.39 Å². The molecule has 0 atom stereocenters. The van der Waals surface area contributed by atoms with Crippen LogP contribution in [0.4, 0.5) is 4.39 Å². The van der Waals surface area contributed by atoms with Gasteiger partial charge in [-0.1, -0.05) is 57.6 Å². The molecule has 0 nitrogen and oxygen atoms in total. The van der Waals surface area contributed by atoms with E-state index in [1.807, 2.05) is 13.0 Å². The molecule has 118 valence electrons. The maximum absolute atomic E-state index is 13.7. The largest absolute Gasteiger partial charge is 0.207 e. The number of unbranched alkanes of at least 4 members (excludes halogenated alkanes) is 4. The van der Waals surface area contributed by atoms with E-state index >= 15 is 0 Å². The minimum atomic E-state index is -0.0365. The number of rotatable bonds is 7. The molecule has 0 spiro atoms. The first kappa shape index (κ1) is 16.5. The topological polar surface area (TPSA) is 0 Å². The third-order valence-electron chi connectivity index (χ3n) is 5.23. The van der Waals surface area contributed by atoms with Gasteiger partial charge in [-0.2, -0.15) is 0 Å². The predicted octanol–water partition coefficient (Wildman–Crippen LogP) is 6.77. The van der Waals surface area contributed by atoms with E-state index in [0.29, 0.717) is 5.92 Å². The molecule has 0 radical (unpaired) electrons. The first-order chi connectivity index (χ1) is 10.2. The van der Waals surface area contributed by atoms with Crippen molar-refractivity contribution in [3.05, 3.63) is 35.1 Å². The summed E-state index contributed by atoms with van der Waals surface area (Å²) in [5.41, 5.74) is 1.99. The van der Waals surface area contributed by atoms with Crippen LogP contribution in [0, 0.1) is 18.7 Å². The quantitative estimate of drug-likeness (QED) is 0.486. The van der Waals surface area contributed by atoms with Crippen molar-refractivity contribution >= 4 is 0 Å². The minimum absolute atomic E-state index is 0.0365. The van der Waals surface area contributed by atoms with Gasteiger partial charge in [0.05, 0.1) is 0 Å². The lowest BCUT2D eigenvalue weighted by Gasteiger charge is -2.29. The second-order valence-electron chi connectivity index (χ2n) is 6.93. The van der Waals surface area contributed by atoms with Gasteiger partial charge in [-0.3, -0.25) is 0 Å². The molecule has 1 aromatic rings. The van der Waals surface area contributed by atoms with Gasteiger partial charge in [0.2, 0.25) is 0 Å². The van der Waals surface area contributed by atoms with E-state index in [1.54, 1.807) is 6.07 Å². The van der Waals surface area contributed by atoms with Crippen molar-refractivity contribution in [1.82, 2.24) is 0 Å². The Balaban J connectivity index is 1.71. The highest BCUT2D eigenvalue weighted by atomic mass is 19.1. The third-order valence-corrected chi connectivity index (χ3v) is 5.23. The fraction of sp³-hybridized carbons (Fsp3) is 0.700. The highest BCUT2D eigenvalue weighted by Gasteiger charge is 2.22. The van der Waals surface area contributed by atoms with Gasteiger partial charge in [0.15, 0.2) is 0 Å². The molecule has 0 N–H and O–H groups in total. The van der Waals surface area contributed by atoms with E-state index in [2.05, 4.69) is 13.0 Å². The van der Waals surface area contributed by atoms with Gasteiger partial charge in [0.25, 0.3) is 0 Å². The molecular formula is C20H31F. The van der Waals surface area contributed by atoms with Crippen LogP contribution in [-0.4, -0.2) is 0 Å². The molecule has 1 aromatic carbocycles. The van der Waals surface area contributed by atoms with Crippen LogP contribution < -0.4 is 0 Å². The summed E-state index contributed by atoms with van der Waals surface area (Å²) in [7, 11) is 0. The number of halogens is 1. The summed E-state index contributed by atoms with van der Waals surface area (Å²) in [4.78, 5) is 0. The average Bonchev–Trinajstić information content (AvgIpc) is 2.50. The van der Waals surface area contributed by atoms with Gasteiger partial charge in [-0.15, -0.1) is 0 Å². The summed E-state index contributed by atoms with van der Waals surface area (Å²) in [6, 6.07) is 5.84. The van der Waals surface area contributed by atoms with E-state index in [-0.39, 0.29) is 5.82 Å². The predicted molar refractivity (Wildman–Crippen MR) is 89.2 cm³/mol. The van der Waals surface area contributed by atoms with Crippen molar-refractivity contribution < 1.29 is 4.39 Å². The van der Waals surface area contributed by atoms with Crippen molar-refractivity contribution in [3.8, 4) is 0 Å². The molecule has 0 heterocycles. The summed E-state index contributed by atoms with van der Waals surface area (Å²) < 4.78 is 13.7. The van der Waals surface area contributed by atoms with E-state index in [1.165, 1.54) is 69.8 Å². The standard InChI is InChI=1S/C20H31F/c1-3-4-5-6-7-8-17-10-13-18(14-11-17)19-12-9-16(2)20(21)15-19/h9,12,15,17-18H,3-8,10-11,13-14H2,1-2H3/t17-,18-. The van der Waals surface area contributed by atoms with Crippen molar-refractivity contribution in [2.24, 2.45) is 5.92 Å². The summed E-state index contributed by atoms with van der Waals surface area (Å²) >= 11 is 0. The first-order valence-corrected chi connectivity index (χ1v) is 8.96. The lowest BCUT2D eigenvalue weighted by atomic mass is 9.77. The van der Waals surface area contributed by atoms with E-state index in [0.717, 1.165) is 11.5 Å². The zero-order valence-electron chi connectivity index (χ0n) is 13.8. The Hall–Kier alpha value is -0.850. The Bertz CT molecular complexity index is 416. The van der Waals surface area contributed by atoms with Crippen LogP contribution in [0.25, 0.3) is 0 Å². The molecule has 0 aliphatic heterocycles. The number of hydrogen-bond acceptors (Lipinski definition) is 0. The van der Waals surface area contributed by atoms with Crippen LogP contribution >= 0.6 is 0 Å². The maximum atomic E-state index is 13.7. The highest BCUT2D eigenvalue weighted by Crippen LogP contribution is 2.38. The van der Waals surface area contributed by atoms with Crippen molar-refractivity contribution in [2.75, 3.05) is 0 Å². The Morgan fingerprint density at radius 3 is 2.38 bits per heavy atom. The molecule has 0 unspecified atom stereocenters. The first-order valence-electron chi connectivity index (χ1n) is 8.96. The number of aryl methyl sites for hydroxylation is 1. The molecule has 1 aliphatic rings. The second kappa shape index (κ2) is 8.56. The van der Waals surface area contributed by atoms with Crippen LogP contribution in [-0.2, 0) is 0 Å². The number of benzene rings is 1. The third kappa shape index (κ3) is 5.13. The highest BCUT2D eigenvalue weighted by molar-refractivity contribution is 5.26. The molecule has 0 amide bonds. The van der Waals surface area contributed by atoms with E-state index in [4.69, 9.17) is 0 Å². The molecule has 1 heteroatoms. The Morgan fingerprint density at radius 1 is 1.00 bits per heavy atom. The normalized spacial score (nSPS) is 22.4. The Labute approximate surface area is 130 Å². The monoisotopic (exact) mass is 290 g/mol. The van der Waals surface area contributed by atoms with Crippen molar-refractivity contribution in [3.63, 3.8) is 0 Å². The molecule has 1 fully saturated rings. The lowest BCUT2D eigenvalue weighted by molar-refractivity contribution is 0.301. The summed E-state index contributed by atoms with van der Waals surface area (Å²) in [6.45, 7) is 4.11. The van der Waals surface area contributed by atoms with Crippen molar-refractivity contribution in [2.45, 2.75) is 84.0 Å². The average molecular weight is 290 g/mol. The zero-order chi connectivity index (χ0) is 15.1. The fourth-order valence-corrected chi connectivity index (χ4v) is 3.68. The van der Waals surface area contributed by atoms with Gasteiger partial charge in [-0.05, 0) is 61.6 Å². The molecule has 0 bridgehead atoms. The van der Waals surface area contributed by atoms with Gasteiger partial charge < -0.3 is 0 Å². The molecular weight excluding hydrogens is 259 g/mol. The summed E-state index contributed by atoms with van der Waals surface area (Å²) in [5.74, 6) is 1.49. The van der Waals surface area contributed by atoms with Crippen molar-refractivity contribution in [1.29, 1.82) is 0 Å². The van der Waals surface area contributed by atoms with Crippen LogP contribution in [0.5, 0.6) is 0 Å². The van der Waals surface area contributed by atoms with Crippen LogP contribution in [0.2, 0.25) is 0 Å². The number of hydrogen-bond donors (Lipinski definition) is 0. The van der Waals surface area contributed by atoms with Gasteiger partial charge in [0, 0.05) is 0 Å². The van der Waals surface area contributed by atoms with Gasteiger partial charge in [0.1, 0.15) is 5.82 Å². The lowest BCUT2D eigenvalue weighted by Crippen LogP contribution is -2.13. The van der Waals surface area contributed by atoms with E-state index in [9.17, 15) is 4.39 Å². The van der Waals surface area contributed by atoms with Crippen LogP contribution in [0.15, 0.2) is 18.2 Å². The Kier molecular flexibility index (Phi) is 6.73. The summed E-state index contributed by atoms with van der Waals surface area (Å²) in [6.07, 6.45) is 13.6. The molecule has 2 rings (SSSR count). The zero-order valence-corrected chi connectivity index (χ0v) is 13.8. The molecule has 0 saturated heterocycles. The maximum Gasteiger partial charge on any atom is 0.126 e. The van der Waals surface area contributed by atoms with E-state index < -0.39 is 0 Å². The van der Waals surface area contributed by atoms with Gasteiger partial charge >= 0.3 is 0 Å². The SMILES string of the molecule is CCCCCCC[C@H]1CC[C@H](c2ccc(C)c(F)c2)CC1. The Morgan fingerprint density at radius 2 is 1.71 bits per heavy atom. The molecule has 21 heavy (non-hydrogen) atoms. The smallest absolute Gasteiger partial charge is 0.126 e. The minimum Gasteiger partial charge on any atom is -0.207 e. The second-order valence-corrected chi connectivity index (χ2v) is 6.93. The molecule has 1 saturated carbocycles. The van der Waals surface area contributed by atoms with Crippen LogP contribution in [0.1, 0.15) is 88.2 Å². The summed E-state index contributed by atoms with van der Waals surface area (Å²) in [5, 5.41) is 0. The molecule has 1 aliphatic carbocycles. The molecule has 0 aromatic heterocycles. The van der Waals surface area contributed by atoms with Crippen LogP contribution in [0.3, 0.4) is 0 Å².